The van der Waals surface area contributed by atoms with E-state index in [1.54, 1.807) is 0 Å². The molecule has 0 aliphatic carbocycles. The maximum absolute atomic E-state index is 12.8. The van der Waals surface area contributed by atoms with Gasteiger partial charge in [-0.15, -0.1) is 0 Å². The van der Waals surface area contributed by atoms with Crippen LogP contribution in [-0.4, -0.2) is 26.0 Å². The Morgan fingerprint density at radius 1 is 1.44 bits per heavy atom. The molecule has 16 heavy (non-hydrogen) atoms. The van der Waals surface area contributed by atoms with E-state index < -0.39 is 9.84 Å². The first-order chi connectivity index (χ1) is 7.46. The van der Waals surface area contributed by atoms with Crippen LogP contribution in [0.1, 0.15) is 6.42 Å². The number of rotatable bonds is 2. The SMILES string of the molecule is O=S1(=O)CCC(Oc2ccc(F)cc2Br)C1. The molecule has 0 spiro atoms. The summed E-state index contributed by atoms with van der Waals surface area (Å²) in [5, 5.41) is 0. The first kappa shape index (κ1) is 11.9. The van der Waals surface area contributed by atoms with E-state index in [0.717, 1.165) is 0 Å². The van der Waals surface area contributed by atoms with Gasteiger partial charge in [0.2, 0.25) is 0 Å². The normalized spacial score (nSPS) is 23.2. The minimum atomic E-state index is -2.95. The van der Waals surface area contributed by atoms with Crippen molar-refractivity contribution in [3.05, 3.63) is 28.5 Å². The second-order valence-electron chi connectivity index (χ2n) is 3.72. The van der Waals surface area contributed by atoms with E-state index >= 15 is 0 Å². The maximum atomic E-state index is 12.8. The zero-order chi connectivity index (χ0) is 11.8. The smallest absolute Gasteiger partial charge is 0.154 e. The topological polar surface area (TPSA) is 43.4 Å². The zero-order valence-corrected chi connectivity index (χ0v) is 10.7. The fourth-order valence-electron chi connectivity index (χ4n) is 1.60. The highest BCUT2D eigenvalue weighted by atomic mass is 79.9. The van der Waals surface area contributed by atoms with Gasteiger partial charge < -0.3 is 4.74 Å². The third kappa shape index (κ3) is 2.74. The molecule has 1 saturated heterocycles. The molecule has 1 unspecified atom stereocenters. The summed E-state index contributed by atoms with van der Waals surface area (Å²) in [7, 11) is -2.95. The van der Waals surface area contributed by atoms with E-state index in [-0.39, 0.29) is 23.4 Å². The fourth-order valence-corrected chi connectivity index (χ4v) is 3.64. The average molecular weight is 309 g/mol. The van der Waals surface area contributed by atoms with Crippen LogP contribution < -0.4 is 4.74 Å². The van der Waals surface area contributed by atoms with Crippen LogP contribution in [0.4, 0.5) is 4.39 Å². The first-order valence-corrected chi connectivity index (χ1v) is 7.40. The predicted octanol–water partition coefficient (Wildman–Crippen LogP) is 2.15. The summed E-state index contributed by atoms with van der Waals surface area (Å²) in [6.45, 7) is 0. The molecule has 1 heterocycles. The van der Waals surface area contributed by atoms with Crippen LogP contribution >= 0.6 is 15.9 Å². The molecule has 1 atom stereocenters. The summed E-state index contributed by atoms with van der Waals surface area (Å²) in [6, 6.07) is 4.06. The maximum Gasteiger partial charge on any atom is 0.154 e. The monoisotopic (exact) mass is 308 g/mol. The quantitative estimate of drug-likeness (QED) is 0.841. The van der Waals surface area contributed by atoms with Crippen molar-refractivity contribution in [3.8, 4) is 5.75 Å². The van der Waals surface area contributed by atoms with Crippen LogP contribution in [0, 0.1) is 5.82 Å². The zero-order valence-electron chi connectivity index (χ0n) is 8.32. The van der Waals surface area contributed by atoms with Crippen molar-refractivity contribution >= 4 is 25.8 Å². The fraction of sp³-hybridized carbons (Fsp3) is 0.400. The van der Waals surface area contributed by atoms with E-state index in [1.165, 1.54) is 18.2 Å². The van der Waals surface area contributed by atoms with E-state index in [0.29, 0.717) is 16.6 Å². The molecule has 0 radical (unpaired) electrons. The lowest BCUT2D eigenvalue weighted by Gasteiger charge is -2.13. The Balaban J connectivity index is 2.11. The van der Waals surface area contributed by atoms with Gasteiger partial charge in [0.25, 0.3) is 0 Å². The standard InChI is InChI=1S/C10H10BrFO3S/c11-9-5-7(12)1-2-10(9)15-8-3-4-16(13,14)6-8/h1-2,5,8H,3-4,6H2. The van der Waals surface area contributed by atoms with Gasteiger partial charge in [0.1, 0.15) is 17.7 Å². The van der Waals surface area contributed by atoms with Crippen molar-refractivity contribution in [1.82, 2.24) is 0 Å². The van der Waals surface area contributed by atoms with E-state index in [9.17, 15) is 12.8 Å². The lowest BCUT2D eigenvalue weighted by Crippen LogP contribution is -2.17. The molecule has 88 valence electrons. The third-order valence-electron chi connectivity index (χ3n) is 2.38. The molecule has 6 heteroatoms. The number of hydrogen-bond donors (Lipinski definition) is 0. The molecule has 1 fully saturated rings. The highest BCUT2D eigenvalue weighted by molar-refractivity contribution is 9.10. The number of hydrogen-bond acceptors (Lipinski definition) is 3. The number of sulfone groups is 1. The van der Waals surface area contributed by atoms with Crippen molar-refractivity contribution in [3.63, 3.8) is 0 Å². The first-order valence-electron chi connectivity index (χ1n) is 4.78. The van der Waals surface area contributed by atoms with Crippen molar-refractivity contribution in [1.29, 1.82) is 0 Å². The molecule has 2 rings (SSSR count). The van der Waals surface area contributed by atoms with Crippen LogP contribution in [0.5, 0.6) is 5.75 Å². The van der Waals surface area contributed by atoms with Gasteiger partial charge >= 0.3 is 0 Å². The van der Waals surface area contributed by atoms with Gasteiger partial charge in [-0.05, 0) is 40.5 Å². The summed E-state index contributed by atoms with van der Waals surface area (Å²) in [5.41, 5.74) is 0. The van der Waals surface area contributed by atoms with Crippen LogP contribution in [0.2, 0.25) is 0 Å². The summed E-state index contributed by atoms with van der Waals surface area (Å²) in [4.78, 5) is 0. The Morgan fingerprint density at radius 3 is 2.75 bits per heavy atom. The van der Waals surface area contributed by atoms with Gasteiger partial charge in [-0.1, -0.05) is 0 Å². The molecule has 0 bridgehead atoms. The van der Waals surface area contributed by atoms with Crippen molar-refractivity contribution in [2.45, 2.75) is 12.5 Å². The van der Waals surface area contributed by atoms with Gasteiger partial charge in [-0.25, -0.2) is 12.8 Å². The Morgan fingerprint density at radius 2 is 2.19 bits per heavy atom. The molecule has 1 aliphatic rings. The van der Waals surface area contributed by atoms with Crippen LogP contribution in [0.15, 0.2) is 22.7 Å². The second-order valence-corrected chi connectivity index (χ2v) is 6.80. The van der Waals surface area contributed by atoms with E-state index in [1.807, 2.05) is 0 Å². The Kier molecular flexibility index (Phi) is 3.21. The number of benzene rings is 1. The highest BCUT2D eigenvalue weighted by Crippen LogP contribution is 2.28. The Bertz CT molecular complexity index is 501. The molecule has 0 aromatic heterocycles. The average Bonchev–Trinajstić information content (AvgIpc) is 2.51. The van der Waals surface area contributed by atoms with Gasteiger partial charge in [-0.3, -0.25) is 0 Å². The second kappa shape index (κ2) is 4.33. The third-order valence-corrected chi connectivity index (χ3v) is 4.74. The molecule has 0 amide bonds. The molecule has 1 aromatic rings. The van der Waals surface area contributed by atoms with Crippen LogP contribution in [0.3, 0.4) is 0 Å². The van der Waals surface area contributed by atoms with Crippen LogP contribution in [0.25, 0.3) is 0 Å². The summed E-state index contributed by atoms with van der Waals surface area (Å²) < 4.78 is 41.2. The lowest BCUT2D eigenvalue weighted by molar-refractivity contribution is 0.227. The molecule has 0 saturated carbocycles. The Hall–Kier alpha value is -0.620. The van der Waals surface area contributed by atoms with Crippen molar-refractivity contribution in [2.24, 2.45) is 0 Å². The molecule has 0 N–H and O–H groups in total. The molecule has 1 aliphatic heterocycles. The summed E-state index contributed by atoms with van der Waals surface area (Å²) in [5.74, 6) is 0.314. The van der Waals surface area contributed by atoms with Gasteiger partial charge in [0, 0.05) is 0 Å². The van der Waals surface area contributed by atoms with Gasteiger partial charge in [0.05, 0.1) is 16.0 Å². The number of halogens is 2. The molecular formula is C10H10BrFO3S. The van der Waals surface area contributed by atoms with Crippen molar-refractivity contribution < 1.29 is 17.5 Å². The largest absolute Gasteiger partial charge is 0.488 e. The molecule has 1 aromatic carbocycles. The van der Waals surface area contributed by atoms with E-state index in [2.05, 4.69) is 15.9 Å². The Labute approximate surface area is 102 Å². The van der Waals surface area contributed by atoms with E-state index in [4.69, 9.17) is 4.74 Å². The summed E-state index contributed by atoms with van der Waals surface area (Å²) in [6.07, 6.45) is 0.165. The van der Waals surface area contributed by atoms with Gasteiger partial charge in [0.15, 0.2) is 9.84 Å². The minimum absolute atomic E-state index is 0.0385. The van der Waals surface area contributed by atoms with Crippen LogP contribution in [-0.2, 0) is 9.84 Å². The van der Waals surface area contributed by atoms with Gasteiger partial charge in [-0.2, -0.15) is 0 Å². The highest BCUT2D eigenvalue weighted by Gasteiger charge is 2.29. The predicted molar refractivity (Wildman–Crippen MR) is 61.8 cm³/mol. The number of ether oxygens (including phenoxy) is 1. The van der Waals surface area contributed by atoms with Crippen molar-refractivity contribution in [2.75, 3.05) is 11.5 Å². The minimum Gasteiger partial charge on any atom is -0.488 e. The molecule has 3 nitrogen and oxygen atoms in total. The molecular weight excluding hydrogens is 299 g/mol. The summed E-state index contributed by atoms with van der Waals surface area (Å²) >= 11 is 3.17. The lowest BCUT2D eigenvalue weighted by atomic mass is 10.3.